The lowest BCUT2D eigenvalue weighted by Crippen LogP contribution is -2.48. The van der Waals surface area contributed by atoms with Crippen LogP contribution >= 0.6 is 0 Å². The van der Waals surface area contributed by atoms with E-state index >= 15 is 0 Å². The predicted molar refractivity (Wildman–Crippen MR) is 125 cm³/mol. The van der Waals surface area contributed by atoms with Crippen molar-refractivity contribution >= 4 is 23.6 Å². The van der Waals surface area contributed by atoms with Gasteiger partial charge in [0.05, 0.1) is 11.1 Å². The topological polar surface area (TPSA) is 86.8 Å². The summed E-state index contributed by atoms with van der Waals surface area (Å²) in [6, 6.07) is 15.6. The smallest absolute Gasteiger partial charge is 0.261 e. The minimum atomic E-state index is -0.643. The number of amides is 4. The van der Waals surface area contributed by atoms with Crippen LogP contribution in [-0.4, -0.2) is 52.6 Å². The standard InChI is InChI=1S/C26H31N3O4/c1-18(2)16-27-24(31)19(3)29(17-20-10-5-4-6-11-20)23(30)14-9-15-28-25(32)21-12-7-8-13-22(21)26(28)33/h4-8,10-13,18-19H,9,14-17H2,1-3H3,(H,27,31)/t19-/m0/s1. The van der Waals surface area contributed by atoms with Crippen LogP contribution in [0.3, 0.4) is 0 Å². The van der Waals surface area contributed by atoms with Crippen LogP contribution < -0.4 is 5.32 Å². The molecule has 0 unspecified atom stereocenters. The highest BCUT2D eigenvalue weighted by Crippen LogP contribution is 2.23. The second-order valence-electron chi connectivity index (χ2n) is 8.73. The summed E-state index contributed by atoms with van der Waals surface area (Å²) in [6.07, 6.45) is 0.456. The first-order valence-electron chi connectivity index (χ1n) is 11.4. The average molecular weight is 450 g/mol. The average Bonchev–Trinajstić information content (AvgIpc) is 3.06. The number of benzene rings is 2. The molecule has 1 aliphatic heterocycles. The summed E-state index contributed by atoms with van der Waals surface area (Å²) >= 11 is 0. The maximum Gasteiger partial charge on any atom is 0.261 e. The number of nitrogens with one attached hydrogen (secondary N) is 1. The van der Waals surface area contributed by atoms with E-state index in [9.17, 15) is 19.2 Å². The zero-order valence-corrected chi connectivity index (χ0v) is 19.4. The van der Waals surface area contributed by atoms with Crippen LogP contribution in [-0.2, 0) is 16.1 Å². The second-order valence-corrected chi connectivity index (χ2v) is 8.73. The van der Waals surface area contributed by atoms with Crippen LogP contribution in [0.4, 0.5) is 0 Å². The summed E-state index contributed by atoms with van der Waals surface area (Å²) in [5, 5.41) is 2.90. The lowest BCUT2D eigenvalue weighted by molar-refractivity contribution is -0.140. The Morgan fingerprint density at radius 2 is 1.48 bits per heavy atom. The van der Waals surface area contributed by atoms with Gasteiger partial charge in [-0.15, -0.1) is 0 Å². The molecule has 0 radical (unpaired) electrons. The van der Waals surface area contributed by atoms with Crippen molar-refractivity contribution in [3.05, 3.63) is 71.3 Å². The fourth-order valence-electron chi connectivity index (χ4n) is 3.79. The number of hydrogen-bond acceptors (Lipinski definition) is 4. The Morgan fingerprint density at radius 3 is 2.06 bits per heavy atom. The van der Waals surface area contributed by atoms with Crippen LogP contribution in [0.2, 0.25) is 0 Å². The van der Waals surface area contributed by atoms with Gasteiger partial charge in [0.25, 0.3) is 11.8 Å². The summed E-state index contributed by atoms with van der Waals surface area (Å²) in [7, 11) is 0. The SMILES string of the molecule is CC(C)CNC(=O)[C@H](C)N(Cc1ccccc1)C(=O)CCCN1C(=O)c2ccccc2C1=O. The lowest BCUT2D eigenvalue weighted by atomic mass is 10.1. The van der Waals surface area contributed by atoms with Crippen LogP contribution in [0.1, 0.15) is 59.9 Å². The maximum atomic E-state index is 13.1. The van der Waals surface area contributed by atoms with Crippen molar-refractivity contribution in [2.24, 2.45) is 5.92 Å². The molecule has 1 atom stereocenters. The van der Waals surface area contributed by atoms with Crippen LogP contribution in [0, 0.1) is 5.92 Å². The van der Waals surface area contributed by atoms with E-state index in [0.717, 1.165) is 5.56 Å². The molecule has 1 aliphatic rings. The van der Waals surface area contributed by atoms with Crippen molar-refractivity contribution in [1.82, 2.24) is 15.1 Å². The lowest BCUT2D eigenvalue weighted by Gasteiger charge is -2.29. The summed E-state index contributed by atoms with van der Waals surface area (Å²) < 4.78 is 0. The first-order chi connectivity index (χ1) is 15.8. The minimum Gasteiger partial charge on any atom is -0.354 e. The molecule has 0 aromatic heterocycles. The van der Waals surface area contributed by atoms with Crippen molar-refractivity contribution in [1.29, 1.82) is 0 Å². The van der Waals surface area contributed by atoms with Gasteiger partial charge in [-0.05, 0) is 37.0 Å². The van der Waals surface area contributed by atoms with E-state index in [-0.39, 0.29) is 36.6 Å². The normalized spacial score (nSPS) is 13.8. The fourth-order valence-corrected chi connectivity index (χ4v) is 3.79. The zero-order valence-electron chi connectivity index (χ0n) is 19.4. The van der Waals surface area contributed by atoms with Gasteiger partial charge in [0.1, 0.15) is 6.04 Å². The number of fused-ring (bicyclic) bond motifs is 1. The summed E-state index contributed by atoms with van der Waals surface area (Å²) in [4.78, 5) is 53.7. The van der Waals surface area contributed by atoms with Gasteiger partial charge in [-0.25, -0.2) is 0 Å². The van der Waals surface area contributed by atoms with E-state index in [1.54, 1.807) is 36.1 Å². The fraction of sp³-hybridized carbons (Fsp3) is 0.385. The van der Waals surface area contributed by atoms with Gasteiger partial charge < -0.3 is 10.2 Å². The summed E-state index contributed by atoms with van der Waals surface area (Å²) in [5.74, 6) is -0.744. The van der Waals surface area contributed by atoms with Crippen molar-refractivity contribution < 1.29 is 19.2 Å². The van der Waals surface area contributed by atoms with Crippen molar-refractivity contribution in [3.8, 4) is 0 Å². The van der Waals surface area contributed by atoms with Gasteiger partial charge in [0.15, 0.2) is 0 Å². The highest BCUT2D eigenvalue weighted by Gasteiger charge is 2.35. The molecule has 3 rings (SSSR count). The Balaban J connectivity index is 1.64. The number of carbonyl (C=O) groups is 4. The van der Waals surface area contributed by atoms with Crippen molar-refractivity contribution in [2.75, 3.05) is 13.1 Å². The van der Waals surface area contributed by atoms with Gasteiger partial charge in [-0.3, -0.25) is 24.1 Å². The molecule has 0 saturated carbocycles. The quantitative estimate of drug-likeness (QED) is 0.564. The summed E-state index contributed by atoms with van der Waals surface area (Å²) in [5.41, 5.74) is 1.72. The molecular formula is C26H31N3O4. The number of imide groups is 1. The van der Waals surface area contributed by atoms with E-state index in [2.05, 4.69) is 5.32 Å². The minimum absolute atomic E-state index is 0.127. The molecule has 174 valence electrons. The highest BCUT2D eigenvalue weighted by atomic mass is 16.2. The molecule has 2 aromatic rings. The number of nitrogens with zero attached hydrogens (tertiary/aromatic N) is 2. The molecular weight excluding hydrogens is 418 g/mol. The third-order valence-corrected chi connectivity index (χ3v) is 5.70. The Bertz CT molecular complexity index is 984. The van der Waals surface area contributed by atoms with Gasteiger partial charge in [0.2, 0.25) is 11.8 Å². The van der Waals surface area contributed by atoms with E-state index < -0.39 is 6.04 Å². The molecule has 0 spiro atoms. The van der Waals surface area contributed by atoms with Crippen molar-refractivity contribution in [3.63, 3.8) is 0 Å². The van der Waals surface area contributed by atoms with E-state index in [1.807, 2.05) is 44.2 Å². The van der Waals surface area contributed by atoms with Gasteiger partial charge in [0, 0.05) is 26.1 Å². The molecule has 7 nitrogen and oxygen atoms in total. The molecule has 4 amide bonds. The molecule has 1 heterocycles. The Kier molecular flexibility index (Phi) is 7.98. The van der Waals surface area contributed by atoms with E-state index in [0.29, 0.717) is 36.6 Å². The Morgan fingerprint density at radius 1 is 0.909 bits per heavy atom. The highest BCUT2D eigenvalue weighted by molar-refractivity contribution is 6.21. The van der Waals surface area contributed by atoms with Gasteiger partial charge in [-0.1, -0.05) is 56.3 Å². The Labute approximate surface area is 194 Å². The number of carbonyl (C=O) groups excluding carboxylic acids is 4. The van der Waals surface area contributed by atoms with Crippen LogP contribution in [0.15, 0.2) is 54.6 Å². The third kappa shape index (κ3) is 5.86. The maximum absolute atomic E-state index is 13.1. The van der Waals surface area contributed by atoms with Gasteiger partial charge >= 0.3 is 0 Å². The molecule has 1 N–H and O–H groups in total. The van der Waals surface area contributed by atoms with Crippen molar-refractivity contribution in [2.45, 2.75) is 46.2 Å². The largest absolute Gasteiger partial charge is 0.354 e. The van der Waals surface area contributed by atoms with Gasteiger partial charge in [-0.2, -0.15) is 0 Å². The molecule has 2 aromatic carbocycles. The predicted octanol–water partition coefficient (Wildman–Crippen LogP) is 3.25. The molecule has 0 bridgehead atoms. The summed E-state index contributed by atoms with van der Waals surface area (Å²) in [6.45, 7) is 6.75. The van der Waals surface area contributed by atoms with Crippen LogP contribution in [0.25, 0.3) is 0 Å². The molecule has 0 aliphatic carbocycles. The number of rotatable bonds is 10. The zero-order chi connectivity index (χ0) is 24.0. The monoisotopic (exact) mass is 449 g/mol. The van der Waals surface area contributed by atoms with Crippen LogP contribution in [0.5, 0.6) is 0 Å². The van der Waals surface area contributed by atoms with E-state index in [1.165, 1.54) is 4.90 Å². The molecule has 7 heteroatoms. The first kappa shape index (κ1) is 24.2. The second kappa shape index (κ2) is 10.9. The molecule has 33 heavy (non-hydrogen) atoms. The molecule has 0 fully saturated rings. The third-order valence-electron chi connectivity index (χ3n) is 5.70. The van der Waals surface area contributed by atoms with E-state index in [4.69, 9.17) is 0 Å². The first-order valence-corrected chi connectivity index (χ1v) is 11.4. The Hall–Kier alpha value is -3.48. The number of hydrogen-bond donors (Lipinski definition) is 1. The molecule has 0 saturated heterocycles.